The zero-order valence-corrected chi connectivity index (χ0v) is 15.4. The zero-order valence-electron chi connectivity index (χ0n) is 14.6. The molecule has 0 fully saturated rings. The third-order valence-electron chi connectivity index (χ3n) is 3.40. The number of sulfone groups is 1. The van der Waals surface area contributed by atoms with Crippen LogP contribution in [0.25, 0.3) is 11.5 Å². The van der Waals surface area contributed by atoms with E-state index in [1.54, 1.807) is 37.3 Å². The quantitative estimate of drug-likeness (QED) is 0.659. The Morgan fingerprint density at radius 3 is 2.56 bits per heavy atom. The van der Waals surface area contributed by atoms with Gasteiger partial charge in [-0.3, -0.25) is 0 Å². The number of hydrogen-bond donors (Lipinski definition) is 2. The number of anilines is 3. The van der Waals surface area contributed by atoms with E-state index in [2.05, 4.69) is 37.1 Å². The maximum Gasteiger partial charge on any atom is 0.232 e. The number of nitrogens with two attached hydrogens (primary N) is 1. The molecule has 3 N–H and O–H groups in total. The molecule has 0 spiro atoms. The van der Waals surface area contributed by atoms with Crippen LogP contribution in [0.2, 0.25) is 0 Å². The van der Waals surface area contributed by atoms with E-state index >= 15 is 0 Å². The lowest BCUT2D eigenvalue weighted by Gasteiger charge is -2.08. The molecule has 0 bridgehead atoms. The van der Waals surface area contributed by atoms with E-state index in [0.717, 1.165) is 6.26 Å². The SMILES string of the molecule is CC#Cc1cccc(-c2nc(N)nc(Nc3cccc(S(C)(=O)=O)c3)n2)n1. The Balaban J connectivity index is 1.97. The first-order valence-electron chi connectivity index (χ1n) is 7.84. The number of pyridine rings is 1. The fourth-order valence-corrected chi connectivity index (χ4v) is 2.92. The lowest BCUT2D eigenvalue weighted by atomic mass is 10.3. The van der Waals surface area contributed by atoms with Crippen LogP contribution in [0.3, 0.4) is 0 Å². The molecule has 0 unspecified atom stereocenters. The Labute approximate surface area is 156 Å². The van der Waals surface area contributed by atoms with Gasteiger partial charge in [0.05, 0.1) is 4.90 Å². The van der Waals surface area contributed by atoms with Gasteiger partial charge >= 0.3 is 0 Å². The van der Waals surface area contributed by atoms with Crippen LogP contribution in [0.4, 0.5) is 17.6 Å². The van der Waals surface area contributed by atoms with E-state index < -0.39 is 9.84 Å². The minimum Gasteiger partial charge on any atom is -0.368 e. The van der Waals surface area contributed by atoms with E-state index in [4.69, 9.17) is 5.73 Å². The molecule has 136 valence electrons. The molecule has 2 aromatic heterocycles. The molecule has 9 heteroatoms. The molecule has 3 rings (SSSR count). The van der Waals surface area contributed by atoms with Crippen LogP contribution in [0.5, 0.6) is 0 Å². The normalized spacial score (nSPS) is 10.7. The second-order valence-electron chi connectivity index (χ2n) is 5.55. The van der Waals surface area contributed by atoms with Crippen LogP contribution in [-0.2, 0) is 9.84 Å². The second kappa shape index (κ2) is 7.39. The number of nitrogen functional groups attached to an aromatic ring is 1. The number of aromatic nitrogens is 4. The van der Waals surface area contributed by atoms with E-state index in [1.165, 1.54) is 12.1 Å². The Bertz CT molecular complexity index is 1170. The fraction of sp³-hybridized carbons (Fsp3) is 0.111. The van der Waals surface area contributed by atoms with Crippen molar-refractivity contribution in [1.82, 2.24) is 19.9 Å². The smallest absolute Gasteiger partial charge is 0.232 e. The van der Waals surface area contributed by atoms with Gasteiger partial charge in [0.1, 0.15) is 11.4 Å². The highest BCUT2D eigenvalue weighted by Crippen LogP contribution is 2.20. The number of rotatable bonds is 4. The highest BCUT2D eigenvalue weighted by atomic mass is 32.2. The van der Waals surface area contributed by atoms with Gasteiger partial charge in [-0.15, -0.1) is 0 Å². The lowest BCUT2D eigenvalue weighted by Crippen LogP contribution is -2.06. The van der Waals surface area contributed by atoms with Crippen LogP contribution in [0.15, 0.2) is 47.4 Å². The molecule has 27 heavy (non-hydrogen) atoms. The maximum atomic E-state index is 11.7. The van der Waals surface area contributed by atoms with Crippen molar-refractivity contribution in [2.24, 2.45) is 0 Å². The van der Waals surface area contributed by atoms with Crippen molar-refractivity contribution in [2.75, 3.05) is 17.3 Å². The van der Waals surface area contributed by atoms with Gasteiger partial charge in [0.2, 0.25) is 11.9 Å². The van der Waals surface area contributed by atoms with Gasteiger partial charge in [-0.1, -0.05) is 18.1 Å². The molecule has 0 saturated carbocycles. The molecule has 0 aliphatic heterocycles. The van der Waals surface area contributed by atoms with Gasteiger partial charge in [0.25, 0.3) is 0 Å². The van der Waals surface area contributed by atoms with Gasteiger partial charge in [-0.2, -0.15) is 15.0 Å². The third kappa shape index (κ3) is 4.56. The van der Waals surface area contributed by atoms with Gasteiger partial charge in [-0.05, 0) is 43.2 Å². The largest absolute Gasteiger partial charge is 0.368 e. The molecule has 2 heterocycles. The number of nitrogens with zero attached hydrogens (tertiary/aromatic N) is 4. The topological polar surface area (TPSA) is 124 Å². The average Bonchev–Trinajstić information content (AvgIpc) is 2.61. The van der Waals surface area contributed by atoms with Gasteiger partial charge in [-0.25, -0.2) is 13.4 Å². The first kappa shape index (κ1) is 18.3. The molecule has 0 saturated heterocycles. The third-order valence-corrected chi connectivity index (χ3v) is 4.51. The van der Waals surface area contributed by atoms with Crippen molar-refractivity contribution in [3.63, 3.8) is 0 Å². The van der Waals surface area contributed by atoms with E-state index in [1.807, 2.05) is 0 Å². The first-order chi connectivity index (χ1) is 12.8. The molecule has 0 aliphatic carbocycles. The molecule has 0 aliphatic rings. The summed E-state index contributed by atoms with van der Waals surface area (Å²) < 4.78 is 23.4. The molecular formula is C18H16N6O2S. The minimum atomic E-state index is -3.33. The highest BCUT2D eigenvalue weighted by Gasteiger charge is 2.11. The van der Waals surface area contributed by atoms with Crippen molar-refractivity contribution in [3.8, 4) is 23.4 Å². The Morgan fingerprint density at radius 2 is 1.81 bits per heavy atom. The van der Waals surface area contributed by atoms with Crippen molar-refractivity contribution in [2.45, 2.75) is 11.8 Å². The summed E-state index contributed by atoms with van der Waals surface area (Å²) >= 11 is 0. The summed E-state index contributed by atoms with van der Waals surface area (Å²) in [5.74, 6) is 6.12. The van der Waals surface area contributed by atoms with Gasteiger partial charge < -0.3 is 11.1 Å². The van der Waals surface area contributed by atoms with Crippen LogP contribution >= 0.6 is 0 Å². The maximum absolute atomic E-state index is 11.7. The van der Waals surface area contributed by atoms with Crippen LogP contribution in [0.1, 0.15) is 12.6 Å². The Hall–Kier alpha value is -3.51. The van der Waals surface area contributed by atoms with Crippen molar-refractivity contribution in [3.05, 3.63) is 48.2 Å². The van der Waals surface area contributed by atoms with E-state index in [9.17, 15) is 8.42 Å². The summed E-state index contributed by atoms with van der Waals surface area (Å²) in [6.07, 6.45) is 1.14. The predicted molar refractivity (Wildman–Crippen MR) is 103 cm³/mol. The second-order valence-corrected chi connectivity index (χ2v) is 7.56. The molecule has 0 amide bonds. The highest BCUT2D eigenvalue weighted by molar-refractivity contribution is 7.90. The average molecular weight is 380 g/mol. The summed E-state index contributed by atoms with van der Waals surface area (Å²) in [5, 5.41) is 2.94. The standard InChI is InChI=1S/C18H16N6O2S/c1-3-6-12-7-5-10-15(20-12)16-22-17(19)24-18(23-16)21-13-8-4-9-14(11-13)27(2,25)26/h4-5,7-11H,1-2H3,(H3,19,21,22,23,24). The lowest BCUT2D eigenvalue weighted by molar-refractivity contribution is 0.602. The van der Waals surface area contributed by atoms with Gasteiger partial charge in [0.15, 0.2) is 15.7 Å². The predicted octanol–water partition coefficient (Wildman–Crippen LogP) is 2.03. The Kier molecular flexibility index (Phi) is 5.00. The Morgan fingerprint density at radius 1 is 1.04 bits per heavy atom. The molecular weight excluding hydrogens is 364 g/mol. The molecule has 0 atom stereocenters. The number of benzene rings is 1. The number of hydrogen-bond acceptors (Lipinski definition) is 8. The van der Waals surface area contributed by atoms with Crippen LogP contribution in [-0.4, -0.2) is 34.6 Å². The number of nitrogens with one attached hydrogen (secondary N) is 1. The van der Waals surface area contributed by atoms with Crippen molar-refractivity contribution < 1.29 is 8.42 Å². The van der Waals surface area contributed by atoms with Gasteiger partial charge in [0, 0.05) is 11.9 Å². The zero-order chi connectivity index (χ0) is 19.4. The fourth-order valence-electron chi connectivity index (χ4n) is 2.25. The summed E-state index contributed by atoms with van der Waals surface area (Å²) in [7, 11) is -3.33. The summed E-state index contributed by atoms with van der Waals surface area (Å²) in [5.41, 5.74) is 7.38. The first-order valence-corrected chi connectivity index (χ1v) is 9.73. The van der Waals surface area contributed by atoms with E-state index in [-0.39, 0.29) is 22.6 Å². The summed E-state index contributed by atoms with van der Waals surface area (Å²) in [6, 6.07) is 11.6. The van der Waals surface area contributed by atoms with Crippen molar-refractivity contribution >= 4 is 27.4 Å². The van der Waals surface area contributed by atoms with Crippen LogP contribution in [0, 0.1) is 11.8 Å². The summed E-state index contributed by atoms with van der Waals surface area (Å²) in [6.45, 7) is 1.72. The summed E-state index contributed by atoms with van der Waals surface area (Å²) in [4.78, 5) is 17.0. The molecule has 1 aromatic carbocycles. The molecule has 0 radical (unpaired) electrons. The van der Waals surface area contributed by atoms with Crippen LogP contribution < -0.4 is 11.1 Å². The molecule has 3 aromatic rings. The van der Waals surface area contributed by atoms with Crippen molar-refractivity contribution in [1.29, 1.82) is 0 Å². The van der Waals surface area contributed by atoms with E-state index in [0.29, 0.717) is 17.1 Å². The monoisotopic (exact) mass is 380 g/mol. The minimum absolute atomic E-state index is 0.00977. The molecule has 8 nitrogen and oxygen atoms in total.